The maximum atomic E-state index is 12.1. The highest BCUT2D eigenvalue weighted by Crippen LogP contribution is 2.47. The van der Waals surface area contributed by atoms with Crippen molar-refractivity contribution in [2.75, 3.05) is 6.54 Å². The molecule has 0 spiro atoms. The molecule has 2 heterocycles. The summed E-state index contributed by atoms with van der Waals surface area (Å²) in [5.74, 6) is 0. The highest BCUT2D eigenvalue weighted by molar-refractivity contribution is 5.74. The van der Waals surface area contributed by atoms with E-state index >= 15 is 0 Å². The Bertz CT molecular complexity index is 527. The number of nitrogens with one attached hydrogen (secondary N) is 2. The van der Waals surface area contributed by atoms with Crippen LogP contribution in [-0.2, 0) is 10.2 Å². The summed E-state index contributed by atoms with van der Waals surface area (Å²) >= 11 is 0. The summed E-state index contributed by atoms with van der Waals surface area (Å²) in [7, 11) is 0. The van der Waals surface area contributed by atoms with E-state index in [1.54, 1.807) is 0 Å². The molecule has 0 radical (unpaired) electrons. The highest BCUT2D eigenvalue weighted by atomic mass is 16.5. The molecule has 0 aromatic heterocycles. The van der Waals surface area contributed by atoms with Gasteiger partial charge in [-0.3, -0.25) is 0 Å². The number of hydrogen-bond acceptors (Lipinski definition) is 2. The molecule has 1 aliphatic carbocycles. The van der Waals surface area contributed by atoms with Crippen molar-refractivity contribution in [3.63, 3.8) is 0 Å². The minimum Gasteiger partial charge on any atom is -0.373 e. The summed E-state index contributed by atoms with van der Waals surface area (Å²) in [5.41, 5.74) is 1.51. The van der Waals surface area contributed by atoms with Gasteiger partial charge in [-0.15, -0.1) is 0 Å². The lowest BCUT2D eigenvalue weighted by Crippen LogP contribution is -2.48. The lowest BCUT2D eigenvalue weighted by atomic mass is 9.95. The summed E-state index contributed by atoms with van der Waals surface area (Å²) in [6, 6.07) is 10.7. The maximum absolute atomic E-state index is 12.1. The van der Waals surface area contributed by atoms with Crippen LogP contribution in [0, 0.1) is 0 Å². The van der Waals surface area contributed by atoms with Crippen molar-refractivity contribution in [3.05, 3.63) is 35.9 Å². The second-order valence-electron chi connectivity index (χ2n) is 6.69. The van der Waals surface area contributed by atoms with E-state index in [1.807, 2.05) is 6.07 Å². The molecule has 112 valence electrons. The number of carbonyl (C=O) groups is 1. The van der Waals surface area contributed by atoms with Gasteiger partial charge in [-0.05, 0) is 37.7 Å². The first kappa shape index (κ1) is 13.1. The fraction of sp³-hybridized carbons (Fsp3) is 0.588. The van der Waals surface area contributed by atoms with Crippen LogP contribution in [0.1, 0.15) is 37.7 Å². The molecule has 3 atom stereocenters. The Hall–Kier alpha value is -1.55. The Morgan fingerprint density at radius 2 is 2.05 bits per heavy atom. The second kappa shape index (κ2) is 5.02. The summed E-state index contributed by atoms with van der Waals surface area (Å²) in [4.78, 5) is 12.1. The van der Waals surface area contributed by atoms with E-state index in [4.69, 9.17) is 4.74 Å². The lowest BCUT2D eigenvalue weighted by molar-refractivity contribution is 0.0981. The molecule has 1 saturated carbocycles. The van der Waals surface area contributed by atoms with Gasteiger partial charge in [-0.1, -0.05) is 30.3 Å². The van der Waals surface area contributed by atoms with Crippen molar-refractivity contribution in [1.29, 1.82) is 0 Å². The van der Waals surface area contributed by atoms with Crippen LogP contribution in [0.15, 0.2) is 30.3 Å². The monoisotopic (exact) mass is 286 g/mol. The van der Waals surface area contributed by atoms with E-state index in [-0.39, 0.29) is 23.6 Å². The van der Waals surface area contributed by atoms with E-state index < -0.39 is 0 Å². The fourth-order valence-electron chi connectivity index (χ4n) is 3.77. The largest absolute Gasteiger partial charge is 0.373 e. The first-order valence-corrected chi connectivity index (χ1v) is 8.01. The molecule has 2 bridgehead atoms. The molecular weight excluding hydrogens is 264 g/mol. The van der Waals surface area contributed by atoms with Crippen LogP contribution in [0.4, 0.5) is 4.79 Å². The molecule has 1 aromatic carbocycles. The van der Waals surface area contributed by atoms with Crippen molar-refractivity contribution in [3.8, 4) is 0 Å². The quantitative estimate of drug-likeness (QED) is 0.892. The van der Waals surface area contributed by atoms with Gasteiger partial charge in [0.05, 0.1) is 18.2 Å². The molecule has 4 heteroatoms. The van der Waals surface area contributed by atoms with Gasteiger partial charge in [0.1, 0.15) is 0 Å². The molecule has 4 nitrogen and oxygen atoms in total. The van der Waals surface area contributed by atoms with Gasteiger partial charge < -0.3 is 15.4 Å². The van der Waals surface area contributed by atoms with Gasteiger partial charge in [0.2, 0.25) is 0 Å². The summed E-state index contributed by atoms with van der Waals surface area (Å²) in [6.45, 7) is 0.727. The summed E-state index contributed by atoms with van der Waals surface area (Å²) in [5, 5.41) is 6.15. The summed E-state index contributed by atoms with van der Waals surface area (Å²) < 4.78 is 5.77. The smallest absolute Gasteiger partial charge is 0.315 e. The first-order chi connectivity index (χ1) is 10.3. The van der Waals surface area contributed by atoms with Gasteiger partial charge in [-0.2, -0.15) is 0 Å². The third-order valence-electron chi connectivity index (χ3n) is 5.25. The molecule has 2 saturated heterocycles. The van der Waals surface area contributed by atoms with Crippen LogP contribution in [0.25, 0.3) is 0 Å². The topological polar surface area (TPSA) is 50.4 Å². The Labute approximate surface area is 125 Å². The Morgan fingerprint density at radius 1 is 1.24 bits per heavy atom. The standard InChI is InChI=1S/C17H22N2O2/c20-16(19-14-10-13-6-7-15(14)21-13)18-11-17(8-9-17)12-4-2-1-3-5-12/h1-5,13-15H,6-11H2,(H2,18,19,20). The van der Waals surface area contributed by atoms with E-state index in [1.165, 1.54) is 5.56 Å². The zero-order valence-electron chi connectivity index (χ0n) is 12.2. The number of benzene rings is 1. The van der Waals surface area contributed by atoms with Crippen LogP contribution in [0.2, 0.25) is 0 Å². The SMILES string of the molecule is O=C(NCC1(c2ccccc2)CC1)NC1CC2CCC1O2. The average Bonchev–Trinajstić information content (AvgIpc) is 3.03. The van der Waals surface area contributed by atoms with Gasteiger partial charge in [-0.25, -0.2) is 4.79 Å². The zero-order valence-corrected chi connectivity index (χ0v) is 12.2. The minimum absolute atomic E-state index is 0.0432. The average molecular weight is 286 g/mol. The van der Waals surface area contributed by atoms with Crippen molar-refractivity contribution >= 4 is 6.03 Å². The maximum Gasteiger partial charge on any atom is 0.315 e. The van der Waals surface area contributed by atoms with E-state index in [0.717, 1.165) is 38.6 Å². The first-order valence-electron chi connectivity index (χ1n) is 8.01. The number of rotatable bonds is 4. The number of ether oxygens (including phenoxy) is 1. The van der Waals surface area contributed by atoms with Crippen molar-refractivity contribution in [2.45, 2.75) is 55.8 Å². The van der Waals surface area contributed by atoms with Gasteiger partial charge in [0.25, 0.3) is 0 Å². The van der Waals surface area contributed by atoms with Crippen LogP contribution >= 0.6 is 0 Å². The van der Waals surface area contributed by atoms with Crippen LogP contribution in [-0.4, -0.2) is 30.8 Å². The van der Waals surface area contributed by atoms with Gasteiger partial charge in [0.15, 0.2) is 0 Å². The third-order valence-corrected chi connectivity index (χ3v) is 5.25. The molecular formula is C17H22N2O2. The van der Waals surface area contributed by atoms with Gasteiger partial charge >= 0.3 is 6.03 Å². The molecule has 4 rings (SSSR count). The Balaban J connectivity index is 1.30. The third kappa shape index (κ3) is 2.53. The zero-order chi connectivity index (χ0) is 14.3. The number of fused-ring (bicyclic) bond motifs is 2. The highest BCUT2D eigenvalue weighted by Gasteiger charge is 2.45. The van der Waals surface area contributed by atoms with E-state index in [9.17, 15) is 4.79 Å². The molecule has 3 unspecified atom stereocenters. The molecule has 3 fully saturated rings. The minimum atomic E-state index is -0.0432. The van der Waals surface area contributed by atoms with Crippen molar-refractivity contribution in [2.24, 2.45) is 0 Å². The van der Waals surface area contributed by atoms with Gasteiger partial charge in [0, 0.05) is 12.0 Å². The van der Waals surface area contributed by atoms with Crippen LogP contribution in [0.3, 0.4) is 0 Å². The summed E-state index contributed by atoms with van der Waals surface area (Å²) in [6.07, 6.45) is 6.15. The molecule has 2 N–H and O–H groups in total. The van der Waals surface area contributed by atoms with Crippen molar-refractivity contribution in [1.82, 2.24) is 10.6 Å². The van der Waals surface area contributed by atoms with E-state index in [2.05, 4.69) is 34.9 Å². The predicted octanol–water partition coefficient (Wildman–Crippen LogP) is 2.34. The van der Waals surface area contributed by atoms with Crippen molar-refractivity contribution < 1.29 is 9.53 Å². The number of amides is 2. The number of urea groups is 1. The number of carbonyl (C=O) groups excluding carboxylic acids is 1. The fourth-order valence-corrected chi connectivity index (χ4v) is 3.77. The van der Waals surface area contributed by atoms with Crippen LogP contribution < -0.4 is 10.6 Å². The molecule has 3 aliphatic rings. The molecule has 2 aliphatic heterocycles. The molecule has 1 aromatic rings. The molecule has 21 heavy (non-hydrogen) atoms. The number of hydrogen-bond donors (Lipinski definition) is 2. The second-order valence-corrected chi connectivity index (χ2v) is 6.69. The predicted molar refractivity (Wildman–Crippen MR) is 80.2 cm³/mol. The lowest BCUT2D eigenvalue weighted by Gasteiger charge is -2.22. The van der Waals surface area contributed by atoms with E-state index in [0.29, 0.717) is 6.10 Å². The molecule has 2 amide bonds. The Kier molecular flexibility index (Phi) is 3.14. The Morgan fingerprint density at radius 3 is 2.67 bits per heavy atom. The van der Waals surface area contributed by atoms with Crippen LogP contribution in [0.5, 0.6) is 0 Å². The normalized spacial score (nSPS) is 31.9.